The van der Waals surface area contributed by atoms with Crippen LogP contribution in [0.3, 0.4) is 0 Å². The Kier molecular flexibility index (Phi) is 9.12. The van der Waals surface area contributed by atoms with Gasteiger partial charge in [-0.3, -0.25) is 9.88 Å². The fourth-order valence-electron chi connectivity index (χ4n) is 7.32. The van der Waals surface area contributed by atoms with Crippen molar-refractivity contribution in [3.63, 3.8) is 0 Å². The molecule has 6 rings (SSSR count). The zero-order valence-electron chi connectivity index (χ0n) is 26.3. The lowest BCUT2D eigenvalue weighted by Crippen LogP contribution is -2.49. The number of aromatic nitrogens is 1. The van der Waals surface area contributed by atoms with Gasteiger partial charge >= 0.3 is 0 Å². The van der Waals surface area contributed by atoms with Gasteiger partial charge in [-0.15, -0.1) is 0 Å². The van der Waals surface area contributed by atoms with Crippen molar-refractivity contribution in [2.24, 2.45) is 0 Å². The quantitative estimate of drug-likeness (QED) is 0.203. The van der Waals surface area contributed by atoms with Crippen molar-refractivity contribution < 1.29 is 9.84 Å². The van der Waals surface area contributed by atoms with Gasteiger partial charge in [0.2, 0.25) is 0 Å². The number of aliphatic hydroxyl groups excluding tert-OH is 1. The first-order valence-corrected chi connectivity index (χ1v) is 16.1. The zero-order valence-corrected chi connectivity index (χ0v) is 26.3. The average molecular weight is 586 g/mol. The first-order chi connectivity index (χ1) is 21.5. The summed E-state index contributed by atoms with van der Waals surface area (Å²) in [6.07, 6.45) is 10.9. The molecule has 2 atom stereocenters. The molecule has 0 saturated carbocycles. The van der Waals surface area contributed by atoms with Gasteiger partial charge in [0.25, 0.3) is 0 Å². The number of ether oxygens (including phenoxy) is 1. The van der Waals surface area contributed by atoms with Gasteiger partial charge in [0, 0.05) is 31.5 Å². The van der Waals surface area contributed by atoms with Crippen molar-refractivity contribution in [2.45, 2.75) is 77.3 Å². The second-order valence-electron chi connectivity index (χ2n) is 12.6. The number of methoxy groups -OCH3 is 1. The number of rotatable bonds is 11. The number of aliphatic hydroxyl groups is 1. The summed E-state index contributed by atoms with van der Waals surface area (Å²) in [6, 6.07) is 22.1. The Morgan fingerprint density at radius 3 is 2.59 bits per heavy atom. The highest BCUT2D eigenvalue weighted by Crippen LogP contribution is 2.39. The molecule has 0 bridgehead atoms. The van der Waals surface area contributed by atoms with Gasteiger partial charge in [-0.25, -0.2) is 0 Å². The molecule has 0 amide bonds. The molecule has 2 unspecified atom stereocenters. The van der Waals surface area contributed by atoms with Crippen molar-refractivity contribution in [1.29, 1.82) is 5.26 Å². The van der Waals surface area contributed by atoms with E-state index in [1.54, 1.807) is 24.4 Å². The minimum absolute atomic E-state index is 0.230. The van der Waals surface area contributed by atoms with Gasteiger partial charge in [0.1, 0.15) is 11.8 Å². The van der Waals surface area contributed by atoms with Gasteiger partial charge in [-0.05, 0) is 132 Å². The Bertz CT molecular complexity index is 1670. The SMILES string of the molecule is COc1ccc(-c2cccc(CC(C)c3cc(CCc4cncc(C#N)c4)c(CN4CCC4CO)c4c3CCC4)c2C)cc1. The van der Waals surface area contributed by atoms with E-state index in [0.29, 0.717) is 11.5 Å². The van der Waals surface area contributed by atoms with Crippen molar-refractivity contribution in [1.82, 2.24) is 9.88 Å². The third kappa shape index (κ3) is 6.15. The molecular weight excluding hydrogens is 542 g/mol. The van der Waals surface area contributed by atoms with Crippen LogP contribution in [0.15, 0.2) is 67.0 Å². The van der Waals surface area contributed by atoms with E-state index >= 15 is 0 Å². The Balaban J connectivity index is 1.32. The van der Waals surface area contributed by atoms with Crippen LogP contribution in [0, 0.1) is 18.3 Å². The maximum Gasteiger partial charge on any atom is 0.118 e. The van der Waals surface area contributed by atoms with Crippen LogP contribution < -0.4 is 4.74 Å². The highest BCUT2D eigenvalue weighted by molar-refractivity contribution is 5.69. The van der Waals surface area contributed by atoms with E-state index in [9.17, 15) is 10.4 Å². The molecule has 2 heterocycles. The van der Waals surface area contributed by atoms with E-state index in [0.717, 1.165) is 62.9 Å². The van der Waals surface area contributed by atoms with Gasteiger partial charge in [0.05, 0.1) is 19.3 Å². The molecule has 1 N–H and O–H groups in total. The van der Waals surface area contributed by atoms with Gasteiger partial charge in [0.15, 0.2) is 0 Å². The fraction of sp³-hybridized carbons (Fsp3) is 0.385. The molecular formula is C39H43N3O2. The van der Waals surface area contributed by atoms with Crippen molar-refractivity contribution in [2.75, 3.05) is 20.3 Å². The van der Waals surface area contributed by atoms with E-state index in [1.165, 1.54) is 45.4 Å². The third-order valence-corrected chi connectivity index (χ3v) is 10.00. The number of hydrogen-bond acceptors (Lipinski definition) is 5. The van der Waals surface area contributed by atoms with Crippen LogP contribution >= 0.6 is 0 Å². The predicted molar refractivity (Wildman–Crippen MR) is 176 cm³/mol. The normalized spacial score (nSPS) is 16.7. The molecule has 226 valence electrons. The first-order valence-electron chi connectivity index (χ1n) is 16.1. The number of nitrogens with zero attached hydrogens (tertiary/aromatic N) is 3. The van der Waals surface area contributed by atoms with Gasteiger partial charge < -0.3 is 9.84 Å². The van der Waals surface area contributed by atoms with Crippen LogP contribution in [0.4, 0.5) is 0 Å². The summed E-state index contributed by atoms with van der Waals surface area (Å²) in [5.41, 5.74) is 14.5. The topological polar surface area (TPSA) is 69.4 Å². The minimum Gasteiger partial charge on any atom is -0.497 e. The Morgan fingerprint density at radius 2 is 1.86 bits per heavy atom. The molecule has 0 spiro atoms. The van der Waals surface area contributed by atoms with E-state index < -0.39 is 0 Å². The van der Waals surface area contributed by atoms with Crippen molar-refractivity contribution in [3.8, 4) is 22.9 Å². The number of pyridine rings is 1. The standard InChI is InChI=1S/C39H43N3O2/c1-26(18-31-6-4-7-35(27(31)2)30-12-14-34(44-3)15-13-30)38-20-32(11-10-28-19-29(21-40)23-41-22-28)39(37-9-5-8-36(37)38)24-42-17-16-33(42)25-43/h4,6-7,12-15,19-20,22-23,26,33,43H,5,8-11,16-18,24-25H2,1-3H3. The van der Waals surface area contributed by atoms with E-state index in [4.69, 9.17) is 4.74 Å². The number of likely N-dealkylation sites (tertiary alicyclic amines) is 1. The van der Waals surface area contributed by atoms with Crippen LogP contribution in [0.25, 0.3) is 11.1 Å². The molecule has 1 aromatic heterocycles. The lowest BCUT2D eigenvalue weighted by Gasteiger charge is -2.41. The van der Waals surface area contributed by atoms with Crippen LogP contribution in [0.5, 0.6) is 5.75 Å². The third-order valence-electron chi connectivity index (χ3n) is 10.00. The largest absolute Gasteiger partial charge is 0.497 e. The van der Waals surface area contributed by atoms with E-state index in [1.807, 2.05) is 24.4 Å². The predicted octanol–water partition coefficient (Wildman–Crippen LogP) is 7.12. The summed E-state index contributed by atoms with van der Waals surface area (Å²) in [5, 5.41) is 19.3. The van der Waals surface area contributed by atoms with Crippen molar-refractivity contribution in [3.05, 3.63) is 117 Å². The molecule has 5 nitrogen and oxygen atoms in total. The second-order valence-corrected chi connectivity index (χ2v) is 12.6. The number of hydrogen-bond donors (Lipinski definition) is 1. The first kappa shape index (κ1) is 30.1. The Hall–Kier alpha value is -3.98. The monoisotopic (exact) mass is 585 g/mol. The van der Waals surface area contributed by atoms with Gasteiger partial charge in [-0.2, -0.15) is 5.26 Å². The number of fused-ring (bicyclic) bond motifs is 1. The summed E-state index contributed by atoms with van der Waals surface area (Å²) in [6.45, 7) is 6.85. The van der Waals surface area contributed by atoms with E-state index in [2.05, 4.69) is 66.2 Å². The lowest BCUT2D eigenvalue weighted by molar-refractivity contribution is 0.0352. The van der Waals surface area contributed by atoms with E-state index in [-0.39, 0.29) is 12.6 Å². The highest BCUT2D eigenvalue weighted by atomic mass is 16.5. The highest BCUT2D eigenvalue weighted by Gasteiger charge is 2.31. The molecule has 5 heteroatoms. The number of nitriles is 1. The second kappa shape index (κ2) is 13.3. The summed E-state index contributed by atoms with van der Waals surface area (Å²) in [4.78, 5) is 6.76. The Labute approximate surface area is 262 Å². The minimum atomic E-state index is 0.230. The number of aryl methyl sites for hydroxylation is 2. The van der Waals surface area contributed by atoms with Crippen LogP contribution in [0.1, 0.15) is 75.8 Å². The molecule has 2 aliphatic rings. The maximum absolute atomic E-state index is 9.91. The average Bonchev–Trinajstić information content (AvgIpc) is 3.53. The molecule has 1 saturated heterocycles. The van der Waals surface area contributed by atoms with Gasteiger partial charge in [-0.1, -0.05) is 43.3 Å². The molecule has 4 aromatic rings. The summed E-state index contributed by atoms with van der Waals surface area (Å²) in [7, 11) is 1.71. The fourth-order valence-corrected chi connectivity index (χ4v) is 7.32. The molecule has 1 fully saturated rings. The molecule has 1 aliphatic carbocycles. The Morgan fingerprint density at radius 1 is 1.05 bits per heavy atom. The molecule has 3 aromatic carbocycles. The lowest BCUT2D eigenvalue weighted by atomic mass is 9.82. The maximum atomic E-state index is 9.91. The van der Waals surface area contributed by atoms with Crippen molar-refractivity contribution >= 4 is 0 Å². The molecule has 0 radical (unpaired) electrons. The summed E-state index contributed by atoms with van der Waals surface area (Å²) >= 11 is 0. The molecule has 1 aliphatic heterocycles. The summed E-state index contributed by atoms with van der Waals surface area (Å²) < 4.78 is 5.38. The van der Waals surface area contributed by atoms with Crippen LogP contribution in [0.2, 0.25) is 0 Å². The number of benzene rings is 3. The summed E-state index contributed by atoms with van der Waals surface area (Å²) in [5.74, 6) is 1.26. The smallest absolute Gasteiger partial charge is 0.118 e. The van der Waals surface area contributed by atoms with Crippen LogP contribution in [-0.2, 0) is 38.6 Å². The molecule has 44 heavy (non-hydrogen) atoms. The van der Waals surface area contributed by atoms with Crippen LogP contribution in [-0.4, -0.2) is 41.3 Å². The zero-order chi connectivity index (χ0) is 30.6.